The predicted octanol–water partition coefficient (Wildman–Crippen LogP) is 6.18. The number of hydrogen-bond donors (Lipinski definition) is 1. The summed E-state index contributed by atoms with van der Waals surface area (Å²) in [7, 11) is 0. The summed E-state index contributed by atoms with van der Waals surface area (Å²) in [6.45, 7) is 0.117. The topological polar surface area (TPSA) is 114 Å². The van der Waals surface area contributed by atoms with Crippen molar-refractivity contribution in [2.45, 2.75) is 11.8 Å². The summed E-state index contributed by atoms with van der Waals surface area (Å²) in [5.74, 6) is 1.18. The molecule has 3 aromatic carbocycles. The van der Waals surface area contributed by atoms with Gasteiger partial charge < -0.3 is 13.6 Å². The number of nitriles is 1. The van der Waals surface area contributed by atoms with Gasteiger partial charge in [-0.15, -0.1) is 10.2 Å². The zero-order valence-corrected chi connectivity index (χ0v) is 20.3. The van der Waals surface area contributed by atoms with Crippen molar-refractivity contribution in [3.63, 3.8) is 0 Å². The van der Waals surface area contributed by atoms with Gasteiger partial charge in [-0.3, -0.25) is 10.1 Å². The molecule has 0 spiro atoms. The normalized spacial score (nSPS) is 10.6. The summed E-state index contributed by atoms with van der Waals surface area (Å²) < 4.78 is 17.2. The molecule has 0 unspecified atom stereocenters. The molecule has 37 heavy (non-hydrogen) atoms. The number of carbonyl (C=O) groups is 1. The third kappa shape index (κ3) is 5.72. The molecule has 0 fully saturated rings. The molecule has 0 bridgehead atoms. The lowest BCUT2D eigenvalue weighted by molar-refractivity contribution is -0.113. The number of furan rings is 1. The van der Waals surface area contributed by atoms with Crippen LogP contribution in [0.25, 0.3) is 22.5 Å². The Bertz CT molecular complexity index is 1530. The molecule has 0 atom stereocenters. The Labute approximate surface area is 216 Å². The number of aromatic nitrogens is 2. The lowest BCUT2D eigenvalue weighted by atomic mass is 9.98. The number of nitrogens with zero attached hydrogens (tertiary/aromatic N) is 3. The smallest absolute Gasteiger partial charge is 0.277 e. The average molecular weight is 509 g/mol. The first-order chi connectivity index (χ1) is 18.2. The lowest BCUT2D eigenvalue weighted by Crippen LogP contribution is -2.14. The fraction of sp³-hybridized carbons (Fsp3) is 0.0714. The molecule has 2 aromatic heterocycles. The number of amides is 1. The maximum absolute atomic E-state index is 12.7. The minimum absolute atomic E-state index is 0.0198. The number of carbonyl (C=O) groups excluding carboxylic acids is 1. The molecular weight excluding hydrogens is 488 g/mol. The molecule has 0 saturated heterocycles. The SMILES string of the molecule is N#Cc1c(NC(=O)CSc2nnc(COc3ccccc3)o2)oc(-c2ccccc2)c1-c1ccccc1. The van der Waals surface area contributed by atoms with Crippen LogP contribution in [0.15, 0.2) is 105 Å². The molecule has 0 aliphatic rings. The predicted molar refractivity (Wildman–Crippen MR) is 139 cm³/mol. The summed E-state index contributed by atoms with van der Waals surface area (Å²) in [6.07, 6.45) is 0. The van der Waals surface area contributed by atoms with Crippen LogP contribution in [0.3, 0.4) is 0 Å². The minimum Gasteiger partial charge on any atom is -0.484 e. The molecular formula is C28H20N4O4S. The maximum atomic E-state index is 12.7. The van der Waals surface area contributed by atoms with Crippen LogP contribution in [0.1, 0.15) is 11.5 Å². The first kappa shape index (κ1) is 23.9. The highest BCUT2D eigenvalue weighted by atomic mass is 32.2. The number of hydrogen-bond acceptors (Lipinski definition) is 8. The van der Waals surface area contributed by atoms with Crippen molar-refractivity contribution in [3.05, 3.63) is 102 Å². The standard InChI is InChI=1S/C28H20N4O4S/c29-16-22-25(19-10-4-1-5-11-19)26(20-12-6-2-7-13-20)36-27(22)30-23(33)18-37-28-32-31-24(35-28)17-34-21-14-8-3-9-15-21/h1-15H,17-18H2,(H,30,33). The van der Waals surface area contributed by atoms with Gasteiger partial charge in [-0.25, -0.2) is 0 Å². The Balaban J connectivity index is 1.29. The monoisotopic (exact) mass is 508 g/mol. The average Bonchev–Trinajstić information content (AvgIpc) is 3.56. The number of benzene rings is 3. The number of nitrogens with one attached hydrogen (secondary N) is 1. The van der Waals surface area contributed by atoms with E-state index in [4.69, 9.17) is 13.6 Å². The van der Waals surface area contributed by atoms with E-state index in [1.807, 2.05) is 91.0 Å². The van der Waals surface area contributed by atoms with E-state index in [1.54, 1.807) is 0 Å². The third-order valence-corrected chi connectivity index (χ3v) is 6.07. The summed E-state index contributed by atoms with van der Waals surface area (Å²) >= 11 is 1.08. The quantitative estimate of drug-likeness (QED) is 0.235. The van der Waals surface area contributed by atoms with Crippen molar-refractivity contribution in [2.24, 2.45) is 0 Å². The van der Waals surface area contributed by atoms with Crippen LogP contribution in [0.2, 0.25) is 0 Å². The van der Waals surface area contributed by atoms with Crippen LogP contribution < -0.4 is 10.1 Å². The number of anilines is 1. The van der Waals surface area contributed by atoms with Crippen molar-refractivity contribution in [1.29, 1.82) is 5.26 Å². The molecule has 5 aromatic rings. The maximum Gasteiger partial charge on any atom is 0.277 e. The Morgan fingerprint density at radius 2 is 1.54 bits per heavy atom. The largest absolute Gasteiger partial charge is 0.484 e. The van der Waals surface area contributed by atoms with Crippen molar-refractivity contribution in [3.8, 4) is 34.3 Å². The molecule has 182 valence electrons. The molecule has 0 saturated carbocycles. The van der Waals surface area contributed by atoms with E-state index in [0.717, 1.165) is 22.9 Å². The fourth-order valence-electron chi connectivity index (χ4n) is 3.61. The summed E-state index contributed by atoms with van der Waals surface area (Å²) in [4.78, 5) is 12.7. The molecule has 9 heteroatoms. The number of thioether (sulfide) groups is 1. The van der Waals surface area contributed by atoms with Gasteiger partial charge in [0.15, 0.2) is 6.61 Å². The van der Waals surface area contributed by atoms with Crippen LogP contribution in [0.4, 0.5) is 5.88 Å². The number of rotatable bonds is 9. The summed E-state index contributed by atoms with van der Waals surface area (Å²) in [5, 5.41) is 20.8. The Hall–Kier alpha value is -4.81. The van der Waals surface area contributed by atoms with Crippen molar-refractivity contribution in [1.82, 2.24) is 10.2 Å². The van der Waals surface area contributed by atoms with Gasteiger partial charge in [-0.1, -0.05) is 90.6 Å². The highest BCUT2D eigenvalue weighted by Crippen LogP contribution is 2.41. The van der Waals surface area contributed by atoms with E-state index >= 15 is 0 Å². The van der Waals surface area contributed by atoms with E-state index in [0.29, 0.717) is 23.0 Å². The van der Waals surface area contributed by atoms with Gasteiger partial charge in [0.1, 0.15) is 23.1 Å². The van der Waals surface area contributed by atoms with Gasteiger partial charge in [0.25, 0.3) is 11.1 Å². The minimum atomic E-state index is -0.380. The molecule has 1 amide bonds. The number of ether oxygens (including phenoxy) is 1. The number of para-hydroxylation sites is 1. The van der Waals surface area contributed by atoms with Crippen LogP contribution in [0, 0.1) is 11.3 Å². The molecule has 8 nitrogen and oxygen atoms in total. The molecule has 0 aliphatic heterocycles. The van der Waals surface area contributed by atoms with E-state index in [9.17, 15) is 10.1 Å². The summed E-state index contributed by atoms with van der Waals surface area (Å²) in [6, 6.07) is 30.4. The van der Waals surface area contributed by atoms with Crippen LogP contribution in [0.5, 0.6) is 5.75 Å². The van der Waals surface area contributed by atoms with E-state index in [-0.39, 0.29) is 34.9 Å². The van der Waals surface area contributed by atoms with Gasteiger partial charge in [0, 0.05) is 11.1 Å². The highest BCUT2D eigenvalue weighted by Gasteiger charge is 2.24. The molecule has 2 heterocycles. The van der Waals surface area contributed by atoms with E-state index in [1.165, 1.54) is 0 Å². The van der Waals surface area contributed by atoms with Crippen LogP contribution in [-0.2, 0) is 11.4 Å². The summed E-state index contributed by atoms with van der Waals surface area (Å²) in [5.41, 5.74) is 2.48. The molecule has 0 aliphatic carbocycles. The molecule has 5 rings (SSSR count). The Morgan fingerprint density at radius 3 is 2.22 bits per heavy atom. The van der Waals surface area contributed by atoms with Crippen molar-refractivity contribution in [2.75, 3.05) is 11.1 Å². The van der Waals surface area contributed by atoms with Crippen molar-refractivity contribution >= 4 is 23.6 Å². The second-order valence-corrected chi connectivity index (χ2v) is 8.68. The van der Waals surface area contributed by atoms with Crippen molar-refractivity contribution < 1.29 is 18.4 Å². The first-order valence-corrected chi connectivity index (χ1v) is 12.3. The zero-order valence-electron chi connectivity index (χ0n) is 19.5. The first-order valence-electron chi connectivity index (χ1n) is 11.3. The van der Waals surface area contributed by atoms with E-state index < -0.39 is 0 Å². The van der Waals surface area contributed by atoms with Crippen LogP contribution >= 0.6 is 11.8 Å². The van der Waals surface area contributed by atoms with Gasteiger partial charge >= 0.3 is 0 Å². The highest BCUT2D eigenvalue weighted by molar-refractivity contribution is 7.99. The van der Waals surface area contributed by atoms with E-state index in [2.05, 4.69) is 21.6 Å². The van der Waals surface area contributed by atoms with Gasteiger partial charge in [-0.05, 0) is 17.7 Å². The fourth-order valence-corrected chi connectivity index (χ4v) is 4.19. The second-order valence-electron chi connectivity index (χ2n) is 7.75. The lowest BCUT2D eigenvalue weighted by Gasteiger charge is -2.03. The second kappa shape index (κ2) is 11.3. The van der Waals surface area contributed by atoms with Gasteiger partial charge in [-0.2, -0.15) is 5.26 Å². The molecule has 1 N–H and O–H groups in total. The zero-order chi connectivity index (χ0) is 25.5. The van der Waals surface area contributed by atoms with Gasteiger partial charge in [0.2, 0.25) is 11.8 Å². The molecule has 0 radical (unpaired) electrons. The Morgan fingerprint density at radius 1 is 0.892 bits per heavy atom. The van der Waals surface area contributed by atoms with Crippen LogP contribution in [-0.4, -0.2) is 21.9 Å². The third-order valence-electron chi connectivity index (χ3n) is 5.25. The Kier molecular flexibility index (Phi) is 7.29. The van der Waals surface area contributed by atoms with Gasteiger partial charge in [0.05, 0.1) is 5.75 Å².